The highest BCUT2D eigenvalue weighted by Gasteiger charge is 2.18. The summed E-state index contributed by atoms with van der Waals surface area (Å²) >= 11 is 3.45. The predicted molar refractivity (Wildman–Crippen MR) is 62.6 cm³/mol. The molecule has 1 aliphatic rings. The van der Waals surface area contributed by atoms with Crippen LogP contribution >= 0.6 is 15.9 Å². The summed E-state index contributed by atoms with van der Waals surface area (Å²) in [4.78, 5) is 4.57. The number of nitrogens with zero attached hydrogens (tertiary/aromatic N) is 2. The summed E-state index contributed by atoms with van der Waals surface area (Å²) in [5, 5.41) is 6.93. The minimum Gasteiger partial charge on any atom is -0.275 e. The van der Waals surface area contributed by atoms with Gasteiger partial charge in [-0.1, -0.05) is 18.2 Å². The number of rotatable bonds is 1. The number of aromatic amines is 1. The Morgan fingerprint density at radius 1 is 1.27 bits per heavy atom. The van der Waals surface area contributed by atoms with Crippen molar-refractivity contribution in [3.05, 3.63) is 46.2 Å². The number of fused-ring (bicyclic) bond motifs is 1. The highest BCUT2D eigenvalue weighted by Crippen LogP contribution is 2.29. The topological polar surface area (TPSA) is 41.0 Å². The molecule has 0 aliphatic carbocycles. The number of aromatic nitrogens is 2. The van der Waals surface area contributed by atoms with Gasteiger partial charge in [0.15, 0.2) is 0 Å². The van der Waals surface area contributed by atoms with Crippen molar-refractivity contribution in [2.45, 2.75) is 6.42 Å². The smallest absolute Gasteiger partial charge is 0.0938 e. The monoisotopic (exact) mass is 261 g/mol. The lowest BCUT2D eigenvalue weighted by atomic mass is 10.1. The van der Waals surface area contributed by atoms with Crippen molar-refractivity contribution in [3.63, 3.8) is 0 Å². The van der Waals surface area contributed by atoms with Crippen LogP contribution in [0.1, 0.15) is 11.3 Å². The van der Waals surface area contributed by atoms with Gasteiger partial charge in [0, 0.05) is 6.42 Å². The highest BCUT2D eigenvalue weighted by molar-refractivity contribution is 9.10. The molecular weight excluding hydrogens is 254 g/mol. The van der Waals surface area contributed by atoms with E-state index in [1.165, 1.54) is 5.56 Å². The molecule has 1 aromatic heterocycles. The van der Waals surface area contributed by atoms with Crippen molar-refractivity contribution >= 4 is 27.3 Å². The van der Waals surface area contributed by atoms with Crippen LogP contribution in [-0.4, -0.2) is 15.9 Å². The van der Waals surface area contributed by atoms with Gasteiger partial charge in [0.05, 0.1) is 27.8 Å². The largest absolute Gasteiger partial charge is 0.275 e. The molecule has 0 atom stereocenters. The number of benzene rings is 1. The summed E-state index contributed by atoms with van der Waals surface area (Å²) in [6.45, 7) is 0. The third-order valence-electron chi connectivity index (χ3n) is 2.49. The second-order valence-corrected chi connectivity index (χ2v) is 4.31. The quantitative estimate of drug-likeness (QED) is 0.843. The Kier molecular flexibility index (Phi) is 1.95. The molecule has 2 heterocycles. The first-order valence-corrected chi connectivity index (χ1v) is 5.48. The van der Waals surface area contributed by atoms with Gasteiger partial charge in [-0.3, -0.25) is 10.1 Å². The van der Waals surface area contributed by atoms with Gasteiger partial charge in [-0.15, -0.1) is 0 Å². The van der Waals surface area contributed by atoms with Crippen LogP contribution in [0.4, 0.5) is 5.69 Å². The number of halogens is 1. The van der Waals surface area contributed by atoms with E-state index < -0.39 is 0 Å². The molecule has 15 heavy (non-hydrogen) atoms. The average molecular weight is 262 g/mol. The van der Waals surface area contributed by atoms with E-state index in [1.807, 2.05) is 18.2 Å². The molecule has 3 nitrogen and oxygen atoms in total. The third-order valence-corrected chi connectivity index (χ3v) is 3.09. The molecule has 1 aliphatic heterocycles. The molecule has 0 unspecified atom stereocenters. The number of hydrogen-bond donors (Lipinski definition) is 1. The lowest BCUT2D eigenvalue weighted by Crippen LogP contribution is -2.01. The minimum absolute atomic E-state index is 0.872. The fourth-order valence-corrected chi connectivity index (χ4v) is 2.17. The highest BCUT2D eigenvalue weighted by atomic mass is 79.9. The van der Waals surface area contributed by atoms with Crippen molar-refractivity contribution < 1.29 is 0 Å². The second-order valence-electron chi connectivity index (χ2n) is 3.46. The Balaban J connectivity index is 2.05. The molecule has 2 aromatic rings. The molecule has 0 saturated carbocycles. The van der Waals surface area contributed by atoms with Crippen LogP contribution in [0.3, 0.4) is 0 Å². The zero-order chi connectivity index (χ0) is 10.3. The van der Waals surface area contributed by atoms with Crippen LogP contribution in [0.2, 0.25) is 0 Å². The maximum absolute atomic E-state index is 4.57. The van der Waals surface area contributed by atoms with E-state index in [1.54, 1.807) is 6.20 Å². The van der Waals surface area contributed by atoms with Gasteiger partial charge >= 0.3 is 0 Å². The number of nitrogens with one attached hydrogen (secondary N) is 1. The molecule has 3 rings (SSSR count). The number of aliphatic imine (C=N–C) groups is 1. The molecule has 0 saturated heterocycles. The number of para-hydroxylation sites is 1. The molecule has 0 radical (unpaired) electrons. The fourth-order valence-electron chi connectivity index (χ4n) is 1.75. The van der Waals surface area contributed by atoms with E-state index >= 15 is 0 Å². The lowest BCUT2D eigenvalue weighted by molar-refractivity contribution is 1.07. The standard InChI is InChI=1S/C11H8BrN3/c12-8-6-13-15-11(8)10-5-7-3-1-2-4-9(7)14-10/h1-4,6H,5H2,(H,13,15). The number of H-pyrrole nitrogens is 1. The molecule has 0 amide bonds. The third kappa shape index (κ3) is 1.41. The van der Waals surface area contributed by atoms with E-state index in [9.17, 15) is 0 Å². The van der Waals surface area contributed by atoms with Gasteiger partial charge in [-0.2, -0.15) is 5.10 Å². The maximum Gasteiger partial charge on any atom is 0.0938 e. The van der Waals surface area contributed by atoms with Crippen molar-refractivity contribution in [1.82, 2.24) is 10.2 Å². The van der Waals surface area contributed by atoms with Gasteiger partial charge in [0.1, 0.15) is 0 Å². The predicted octanol–water partition coefficient (Wildman–Crippen LogP) is 2.85. The molecule has 0 bridgehead atoms. The first-order chi connectivity index (χ1) is 7.34. The fraction of sp³-hybridized carbons (Fsp3) is 0.0909. The average Bonchev–Trinajstić information content (AvgIpc) is 2.82. The van der Waals surface area contributed by atoms with Crippen LogP contribution in [0.25, 0.3) is 0 Å². The summed E-state index contributed by atoms with van der Waals surface area (Å²) in [6, 6.07) is 8.19. The normalized spacial score (nSPS) is 13.8. The van der Waals surface area contributed by atoms with Gasteiger partial charge < -0.3 is 0 Å². The Morgan fingerprint density at radius 2 is 2.13 bits per heavy atom. The van der Waals surface area contributed by atoms with Crippen molar-refractivity contribution in [3.8, 4) is 0 Å². The lowest BCUT2D eigenvalue weighted by Gasteiger charge is -1.95. The molecule has 74 valence electrons. The van der Waals surface area contributed by atoms with Crippen molar-refractivity contribution in [1.29, 1.82) is 0 Å². The molecule has 4 heteroatoms. The molecule has 1 N–H and O–H groups in total. The van der Waals surface area contributed by atoms with Crippen LogP contribution in [0.5, 0.6) is 0 Å². The molecule has 0 spiro atoms. The zero-order valence-corrected chi connectivity index (χ0v) is 9.45. The molecular formula is C11H8BrN3. The first kappa shape index (κ1) is 8.85. The molecule has 1 aromatic carbocycles. The van der Waals surface area contributed by atoms with E-state index in [0.717, 1.165) is 28.0 Å². The Bertz CT molecular complexity index is 542. The van der Waals surface area contributed by atoms with Crippen LogP contribution in [-0.2, 0) is 6.42 Å². The van der Waals surface area contributed by atoms with Crippen molar-refractivity contribution in [2.75, 3.05) is 0 Å². The van der Waals surface area contributed by atoms with E-state index in [0.29, 0.717) is 0 Å². The van der Waals surface area contributed by atoms with E-state index in [2.05, 4.69) is 37.2 Å². The molecule has 0 fully saturated rings. The summed E-state index contributed by atoms with van der Waals surface area (Å²) in [6.07, 6.45) is 2.62. The van der Waals surface area contributed by atoms with Crippen LogP contribution < -0.4 is 0 Å². The van der Waals surface area contributed by atoms with Gasteiger partial charge in [-0.25, -0.2) is 0 Å². The maximum atomic E-state index is 4.57. The van der Waals surface area contributed by atoms with Crippen LogP contribution in [0, 0.1) is 0 Å². The van der Waals surface area contributed by atoms with Gasteiger partial charge in [0.2, 0.25) is 0 Å². The SMILES string of the molecule is Brc1cn[nH]c1C1=Nc2ccccc2C1. The Hall–Kier alpha value is -1.42. The van der Waals surface area contributed by atoms with E-state index in [4.69, 9.17) is 0 Å². The summed E-state index contributed by atoms with van der Waals surface area (Å²) in [5.41, 5.74) is 4.36. The van der Waals surface area contributed by atoms with Crippen LogP contribution in [0.15, 0.2) is 39.9 Å². The Labute approximate surface area is 95.4 Å². The second kappa shape index (κ2) is 3.31. The van der Waals surface area contributed by atoms with Gasteiger partial charge in [-0.05, 0) is 27.6 Å². The van der Waals surface area contributed by atoms with Crippen molar-refractivity contribution in [2.24, 2.45) is 4.99 Å². The van der Waals surface area contributed by atoms with Gasteiger partial charge in [0.25, 0.3) is 0 Å². The number of hydrogen-bond acceptors (Lipinski definition) is 2. The van der Waals surface area contributed by atoms with E-state index in [-0.39, 0.29) is 0 Å². The zero-order valence-electron chi connectivity index (χ0n) is 7.87. The first-order valence-electron chi connectivity index (χ1n) is 4.69. The Morgan fingerprint density at radius 3 is 2.87 bits per heavy atom. The summed E-state index contributed by atoms with van der Waals surface area (Å²) < 4.78 is 0.967. The summed E-state index contributed by atoms with van der Waals surface area (Å²) in [5.74, 6) is 0. The summed E-state index contributed by atoms with van der Waals surface area (Å²) in [7, 11) is 0. The minimum atomic E-state index is 0.872.